The average molecular weight is 330 g/mol. The highest BCUT2D eigenvalue weighted by Crippen LogP contribution is 2.25. The lowest BCUT2D eigenvalue weighted by Crippen LogP contribution is -2.06. The van der Waals surface area contributed by atoms with Crippen LogP contribution in [0.1, 0.15) is 16.7 Å². The van der Waals surface area contributed by atoms with Crippen LogP contribution >= 0.6 is 11.6 Å². The van der Waals surface area contributed by atoms with Gasteiger partial charge in [-0.15, -0.1) is 0 Å². The zero-order valence-corrected chi connectivity index (χ0v) is 13.4. The van der Waals surface area contributed by atoms with Crippen LogP contribution in [0.2, 0.25) is 5.02 Å². The number of anilines is 1. The summed E-state index contributed by atoms with van der Waals surface area (Å²) in [7, 11) is 0. The molecule has 0 fully saturated rings. The van der Waals surface area contributed by atoms with Crippen molar-refractivity contribution in [3.63, 3.8) is 0 Å². The largest absolute Gasteiger partial charge is 0.423 e. The second kappa shape index (κ2) is 6.44. The van der Waals surface area contributed by atoms with Crippen molar-refractivity contribution >= 4 is 28.3 Å². The summed E-state index contributed by atoms with van der Waals surface area (Å²) in [5, 5.41) is 13.9. The van der Waals surface area contributed by atoms with E-state index < -0.39 is 0 Å². The van der Waals surface area contributed by atoms with Gasteiger partial charge in [0.05, 0.1) is 17.3 Å². The molecule has 5 heteroatoms. The third-order valence-electron chi connectivity index (χ3n) is 3.67. The molecule has 2 N–H and O–H groups in total. The van der Waals surface area contributed by atoms with Crippen LogP contribution in [0.4, 0.5) is 5.69 Å². The van der Waals surface area contributed by atoms with Crippen LogP contribution < -0.4 is 10.9 Å². The maximum absolute atomic E-state index is 11.7. The quantitative estimate of drug-likeness (QED) is 0.713. The molecule has 2 aromatic carbocycles. The number of benzene rings is 2. The molecule has 0 aliphatic rings. The Labute approximate surface area is 138 Å². The lowest BCUT2D eigenvalue weighted by atomic mass is 10.1. The third-order valence-corrected chi connectivity index (χ3v) is 4.00. The highest BCUT2D eigenvalue weighted by atomic mass is 35.5. The van der Waals surface area contributed by atoms with Gasteiger partial charge >= 0.3 is 5.63 Å². The minimum atomic E-state index is -0.380. The van der Waals surface area contributed by atoms with E-state index in [1.54, 1.807) is 18.2 Å². The molecular formula is C18H16ClNO3. The average Bonchev–Trinajstić information content (AvgIpc) is 2.53. The molecule has 4 nitrogen and oxygen atoms in total. The Kier molecular flexibility index (Phi) is 4.37. The minimum Gasteiger partial charge on any atom is -0.423 e. The molecule has 0 radical (unpaired) electrons. The SMILES string of the molecule is Cc1ccc2c(CNc3cc(CO)ccc3Cl)cc(=O)oc2c1. The van der Waals surface area contributed by atoms with Crippen LogP contribution in [-0.2, 0) is 13.2 Å². The molecule has 1 aromatic heterocycles. The molecule has 1 heterocycles. The van der Waals surface area contributed by atoms with Gasteiger partial charge in [-0.2, -0.15) is 0 Å². The Hall–Kier alpha value is -2.30. The van der Waals surface area contributed by atoms with Crippen LogP contribution in [0.5, 0.6) is 0 Å². The molecule has 0 spiro atoms. The summed E-state index contributed by atoms with van der Waals surface area (Å²) in [5.41, 5.74) is 3.54. The maximum atomic E-state index is 11.7. The van der Waals surface area contributed by atoms with E-state index in [0.29, 0.717) is 22.8 Å². The van der Waals surface area contributed by atoms with Crippen molar-refractivity contribution in [2.75, 3.05) is 5.32 Å². The van der Waals surface area contributed by atoms with Gasteiger partial charge in [0, 0.05) is 18.0 Å². The fourth-order valence-electron chi connectivity index (χ4n) is 2.48. The number of nitrogens with one attached hydrogen (secondary N) is 1. The number of rotatable bonds is 4. The standard InChI is InChI=1S/C18H16ClNO3/c1-11-2-4-14-13(8-18(22)23-17(14)6-11)9-20-16-7-12(10-21)3-5-15(16)19/h2-8,20-21H,9-10H2,1H3. The van der Waals surface area contributed by atoms with E-state index in [-0.39, 0.29) is 12.2 Å². The normalized spacial score (nSPS) is 10.9. The number of halogens is 1. The first-order valence-corrected chi connectivity index (χ1v) is 7.61. The van der Waals surface area contributed by atoms with E-state index >= 15 is 0 Å². The third kappa shape index (κ3) is 3.38. The molecule has 23 heavy (non-hydrogen) atoms. The first kappa shape index (κ1) is 15.6. The van der Waals surface area contributed by atoms with Gasteiger partial charge in [0.15, 0.2) is 0 Å². The van der Waals surface area contributed by atoms with Gasteiger partial charge in [-0.05, 0) is 41.8 Å². The first-order valence-electron chi connectivity index (χ1n) is 7.23. The predicted molar refractivity (Wildman–Crippen MR) is 91.9 cm³/mol. The highest BCUT2D eigenvalue weighted by Gasteiger charge is 2.07. The van der Waals surface area contributed by atoms with Crippen LogP contribution in [-0.4, -0.2) is 5.11 Å². The lowest BCUT2D eigenvalue weighted by molar-refractivity contribution is 0.282. The molecular weight excluding hydrogens is 314 g/mol. The second-order valence-corrected chi connectivity index (χ2v) is 5.82. The van der Waals surface area contributed by atoms with E-state index in [1.807, 2.05) is 25.1 Å². The molecule has 0 saturated carbocycles. The summed E-state index contributed by atoms with van der Waals surface area (Å²) < 4.78 is 5.25. The molecule has 0 atom stereocenters. The van der Waals surface area contributed by atoms with Crippen LogP contribution in [0.3, 0.4) is 0 Å². The van der Waals surface area contributed by atoms with Gasteiger partial charge in [-0.3, -0.25) is 0 Å². The summed E-state index contributed by atoms with van der Waals surface area (Å²) in [6.07, 6.45) is 0. The maximum Gasteiger partial charge on any atom is 0.336 e. The minimum absolute atomic E-state index is 0.0526. The van der Waals surface area contributed by atoms with Gasteiger partial charge in [0.1, 0.15) is 5.58 Å². The Balaban J connectivity index is 1.94. The summed E-state index contributed by atoms with van der Waals surface area (Å²) in [4.78, 5) is 11.7. The zero-order valence-electron chi connectivity index (χ0n) is 12.6. The van der Waals surface area contributed by atoms with Crippen molar-refractivity contribution in [1.82, 2.24) is 0 Å². The van der Waals surface area contributed by atoms with E-state index in [2.05, 4.69) is 5.32 Å². The summed E-state index contributed by atoms with van der Waals surface area (Å²) >= 11 is 6.17. The van der Waals surface area contributed by atoms with Gasteiger partial charge in [-0.1, -0.05) is 29.8 Å². The Morgan fingerprint density at radius 2 is 2.00 bits per heavy atom. The highest BCUT2D eigenvalue weighted by molar-refractivity contribution is 6.33. The number of hydrogen-bond acceptors (Lipinski definition) is 4. The number of aliphatic hydroxyl groups is 1. The Morgan fingerprint density at radius 1 is 1.17 bits per heavy atom. The molecule has 0 saturated heterocycles. The number of aryl methyl sites for hydroxylation is 1. The summed E-state index contributed by atoms with van der Waals surface area (Å²) in [6.45, 7) is 2.33. The van der Waals surface area contributed by atoms with Crippen molar-refractivity contribution in [2.24, 2.45) is 0 Å². The fraction of sp³-hybridized carbons (Fsp3) is 0.167. The molecule has 0 aliphatic carbocycles. The van der Waals surface area contributed by atoms with Crippen LogP contribution in [0.15, 0.2) is 51.7 Å². The monoisotopic (exact) mass is 329 g/mol. The first-order chi connectivity index (χ1) is 11.1. The van der Waals surface area contributed by atoms with E-state index in [0.717, 1.165) is 22.1 Å². The second-order valence-electron chi connectivity index (χ2n) is 5.42. The van der Waals surface area contributed by atoms with Crippen molar-refractivity contribution in [1.29, 1.82) is 0 Å². The van der Waals surface area contributed by atoms with Crippen LogP contribution in [0, 0.1) is 6.92 Å². The topological polar surface area (TPSA) is 62.5 Å². The Morgan fingerprint density at radius 3 is 2.78 bits per heavy atom. The van der Waals surface area contributed by atoms with E-state index in [9.17, 15) is 9.90 Å². The van der Waals surface area contributed by atoms with Gasteiger partial charge in [0.25, 0.3) is 0 Å². The van der Waals surface area contributed by atoms with Crippen molar-refractivity contribution in [3.05, 3.63) is 74.6 Å². The van der Waals surface area contributed by atoms with E-state index in [4.69, 9.17) is 16.0 Å². The molecule has 118 valence electrons. The fourth-order valence-corrected chi connectivity index (χ4v) is 2.66. The number of hydrogen-bond donors (Lipinski definition) is 2. The molecule has 0 amide bonds. The summed E-state index contributed by atoms with van der Waals surface area (Å²) in [6, 6.07) is 12.5. The number of fused-ring (bicyclic) bond motifs is 1. The van der Waals surface area contributed by atoms with Gasteiger partial charge in [0.2, 0.25) is 0 Å². The summed E-state index contributed by atoms with van der Waals surface area (Å²) in [5.74, 6) is 0. The van der Waals surface area contributed by atoms with Gasteiger partial charge < -0.3 is 14.8 Å². The lowest BCUT2D eigenvalue weighted by Gasteiger charge is -2.11. The van der Waals surface area contributed by atoms with Crippen molar-refractivity contribution in [2.45, 2.75) is 20.1 Å². The zero-order chi connectivity index (χ0) is 16.4. The van der Waals surface area contributed by atoms with Gasteiger partial charge in [-0.25, -0.2) is 4.79 Å². The predicted octanol–water partition coefficient (Wildman–Crippen LogP) is 3.86. The van der Waals surface area contributed by atoms with E-state index in [1.165, 1.54) is 6.07 Å². The number of aliphatic hydroxyl groups excluding tert-OH is 1. The Bertz CT molecular complexity index is 918. The molecule has 0 bridgehead atoms. The van der Waals surface area contributed by atoms with Crippen molar-refractivity contribution < 1.29 is 9.52 Å². The smallest absolute Gasteiger partial charge is 0.336 e. The molecule has 0 aliphatic heterocycles. The molecule has 0 unspecified atom stereocenters. The van der Waals surface area contributed by atoms with Crippen LogP contribution in [0.25, 0.3) is 11.0 Å². The molecule has 3 aromatic rings. The molecule has 3 rings (SSSR count). The van der Waals surface area contributed by atoms with Crippen molar-refractivity contribution in [3.8, 4) is 0 Å².